The standard InChI is InChI=1S/C23H33F2N3O4Si/c1-13(29)26-9-15-10-28(22(30)31-15)14-7-18(24)20(19(25)8-14)27-11-16-17(12-27)21(16)32-33(5,6)23(2,3)4/h7-8,15-17,21H,9-12H2,1-6H3,(H,26,29)/t15-,16-,17+,21?/m0/s1. The summed E-state index contributed by atoms with van der Waals surface area (Å²) in [6, 6.07) is 2.35. The molecule has 3 aliphatic rings. The van der Waals surface area contributed by atoms with Crippen LogP contribution in [0.2, 0.25) is 18.1 Å². The van der Waals surface area contributed by atoms with Crippen LogP contribution in [0.3, 0.4) is 0 Å². The molecule has 2 saturated heterocycles. The van der Waals surface area contributed by atoms with Crippen LogP contribution in [0.25, 0.3) is 0 Å². The van der Waals surface area contributed by atoms with Crippen LogP contribution in [-0.4, -0.2) is 58.7 Å². The number of carbonyl (C=O) groups excluding carboxylic acids is 2. The minimum Gasteiger partial charge on any atom is -0.442 e. The molecule has 0 spiro atoms. The van der Waals surface area contributed by atoms with Crippen LogP contribution in [0, 0.1) is 23.5 Å². The van der Waals surface area contributed by atoms with Gasteiger partial charge in [-0.2, -0.15) is 0 Å². The fraction of sp³-hybridized carbons (Fsp3) is 0.652. The van der Waals surface area contributed by atoms with Gasteiger partial charge in [-0.15, -0.1) is 0 Å². The summed E-state index contributed by atoms with van der Waals surface area (Å²) in [4.78, 5) is 26.2. The molecule has 1 aromatic rings. The Morgan fingerprint density at radius 2 is 1.76 bits per heavy atom. The number of anilines is 2. The van der Waals surface area contributed by atoms with Crippen molar-refractivity contribution in [1.29, 1.82) is 0 Å². The molecule has 3 fully saturated rings. The third-order valence-corrected chi connectivity index (χ3v) is 11.9. The van der Waals surface area contributed by atoms with Crippen LogP contribution in [0.4, 0.5) is 25.0 Å². The predicted octanol–water partition coefficient (Wildman–Crippen LogP) is 3.88. The smallest absolute Gasteiger partial charge is 0.414 e. The molecule has 0 bridgehead atoms. The minimum absolute atomic E-state index is 0.0561. The van der Waals surface area contributed by atoms with Crippen molar-refractivity contribution in [2.75, 3.05) is 36.0 Å². The number of fused-ring (bicyclic) bond motifs is 1. The maximum Gasteiger partial charge on any atom is 0.414 e. The monoisotopic (exact) mass is 481 g/mol. The second kappa shape index (κ2) is 8.23. The van der Waals surface area contributed by atoms with Gasteiger partial charge in [0.2, 0.25) is 5.91 Å². The number of halogens is 2. The summed E-state index contributed by atoms with van der Waals surface area (Å²) < 4.78 is 41.7. The lowest BCUT2D eigenvalue weighted by Crippen LogP contribution is -2.43. The minimum atomic E-state index is -1.88. The zero-order valence-electron chi connectivity index (χ0n) is 20.1. The van der Waals surface area contributed by atoms with Crippen LogP contribution in [-0.2, 0) is 14.0 Å². The van der Waals surface area contributed by atoms with Gasteiger partial charge in [-0.3, -0.25) is 9.69 Å². The molecule has 182 valence electrons. The number of amides is 2. The summed E-state index contributed by atoms with van der Waals surface area (Å²) in [5.41, 5.74) is 0.0481. The van der Waals surface area contributed by atoms with Gasteiger partial charge in [-0.1, -0.05) is 20.8 Å². The van der Waals surface area contributed by atoms with Gasteiger partial charge in [0.1, 0.15) is 11.8 Å². The maximum atomic E-state index is 15.0. The Labute approximate surface area is 194 Å². The molecule has 33 heavy (non-hydrogen) atoms. The van der Waals surface area contributed by atoms with Crippen LogP contribution in [0.1, 0.15) is 27.7 Å². The molecule has 2 aliphatic heterocycles. The van der Waals surface area contributed by atoms with E-state index in [2.05, 4.69) is 39.2 Å². The number of rotatable bonds is 6. The molecule has 10 heteroatoms. The Morgan fingerprint density at radius 3 is 2.27 bits per heavy atom. The van der Waals surface area contributed by atoms with E-state index in [9.17, 15) is 9.59 Å². The van der Waals surface area contributed by atoms with Crippen molar-refractivity contribution in [3.8, 4) is 0 Å². The molecule has 4 rings (SSSR count). The molecule has 2 amide bonds. The van der Waals surface area contributed by atoms with Crippen molar-refractivity contribution in [1.82, 2.24) is 5.32 Å². The molecular formula is C23H33F2N3O4Si. The molecule has 1 aliphatic carbocycles. The number of hydrogen-bond donors (Lipinski definition) is 1. The summed E-state index contributed by atoms with van der Waals surface area (Å²) in [6.45, 7) is 13.8. The van der Waals surface area contributed by atoms with E-state index >= 15 is 8.78 Å². The maximum absolute atomic E-state index is 15.0. The van der Waals surface area contributed by atoms with E-state index in [1.165, 1.54) is 24.0 Å². The number of ether oxygens (including phenoxy) is 1. The average Bonchev–Trinajstić information content (AvgIpc) is 3.03. The molecule has 2 heterocycles. The Balaban J connectivity index is 1.41. The first kappa shape index (κ1) is 23.9. The Hall–Kier alpha value is -2.20. The number of cyclic esters (lactones) is 1. The highest BCUT2D eigenvalue weighted by molar-refractivity contribution is 6.74. The number of nitrogens with one attached hydrogen (secondary N) is 1. The summed E-state index contributed by atoms with van der Waals surface area (Å²) in [5, 5.41) is 2.70. The van der Waals surface area contributed by atoms with Gasteiger partial charge in [-0.25, -0.2) is 13.6 Å². The molecule has 0 aromatic heterocycles. The largest absolute Gasteiger partial charge is 0.442 e. The number of benzene rings is 1. The molecule has 1 N–H and O–H groups in total. The summed E-state index contributed by atoms with van der Waals surface area (Å²) in [7, 11) is -1.88. The van der Waals surface area contributed by atoms with E-state index in [0.29, 0.717) is 24.9 Å². The lowest BCUT2D eigenvalue weighted by Gasteiger charge is -2.37. The second-order valence-electron chi connectivity index (χ2n) is 10.9. The van der Waals surface area contributed by atoms with Crippen molar-refractivity contribution in [2.24, 2.45) is 11.8 Å². The number of piperidine rings is 1. The van der Waals surface area contributed by atoms with Crippen molar-refractivity contribution in [3.63, 3.8) is 0 Å². The number of carbonyl (C=O) groups is 2. The van der Waals surface area contributed by atoms with E-state index in [1.807, 2.05) is 0 Å². The third kappa shape index (κ3) is 4.59. The van der Waals surface area contributed by atoms with Gasteiger partial charge in [0.15, 0.2) is 20.0 Å². The first-order valence-corrected chi connectivity index (χ1v) is 14.3. The van der Waals surface area contributed by atoms with E-state index < -0.39 is 32.1 Å². The Kier molecular flexibility index (Phi) is 5.97. The normalized spacial score (nSPS) is 27.0. The molecule has 0 radical (unpaired) electrons. The highest BCUT2D eigenvalue weighted by atomic mass is 28.4. The van der Waals surface area contributed by atoms with Crippen LogP contribution in [0.15, 0.2) is 12.1 Å². The van der Waals surface area contributed by atoms with Crippen LogP contribution < -0.4 is 15.1 Å². The van der Waals surface area contributed by atoms with E-state index in [-0.39, 0.29) is 41.5 Å². The topological polar surface area (TPSA) is 71.1 Å². The summed E-state index contributed by atoms with van der Waals surface area (Å²) >= 11 is 0. The number of hydrogen-bond acceptors (Lipinski definition) is 5. The zero-order valence-corrected chi connectivity index (χ0v) is 21.1. The van der Waals surface area contributed by atoms with Crippen molar-refractivity contribution >= 4 is 31.7 Å². The van der Waals surface area contributed by atoms with Crippen molar-refractivity contribution < 1.29 is 27.5 Å². The van der Waals surface area contributed by atoms with E-state index in [1.54, 1.807) is 4.90 Å². The van der Waals surface area contributed by atoms with Gasteiger partial charge in [0, 0.05) is 44.0 Å². The van der Waals surface area contributed by atoms with Gasteiger partial charge in [-0.05, 0) is 18.1 Å². The second-order valence-corrected chi connectivity index (χ2v) is 15.6. The first-order chi connectivity index (χ1) is 15.3. The SMILES string of the molecule is CC(=O)NC[C@H]1CN(c2cc(F)c(N3C[C@@H]4C(O[Si](C)(C)C(C)(C)C)[C@@H]4C3)c(F)c2)C(=O)O1. The third-order valence-electron chi connectivity index (χ3n) is 7.43. The zero-order chi connectivity index (χ0) is 24.3. The van der Waals surface area contributed by atoms with Crippen molar-refractivity contribution in [2.45, 2.75) is 58.0 Å². The number of nitrogens with zero attached hydrogens (tertiary/aromatic N) is 2. The lowest BCUT2D eigenvalue weighted by molar-refractivity contribution is -0.119. The molecule has 1 aromatic carbocycles. The van der Waals surface area contributed by atoms with Gasteiger partial charge in [0.05, 0.1) is 24.9 Å². The summed E-state index contributed by atoms with van der Waals surface area (Å²) in [6.07, 6.45) is -1.09. The lowest BCUT2D eigenvalue weighted by atomic mass is 10.2. The Morgan fingerprint density at radius 1 is 1.18 bits per heavy atom. The van der Waals surface area contributed by atoms with Gasteiger partial charge >= 0.3 is 6.09 Å². The van der Waals surface area contributed by atoms with E-state index in [4.69, 9.17) is 9.16 Å². The molecule has 1 unspecified atom stereocenters. The van der Waals surface area contributed by atoms with Crippen molar-refractivity contribution in [3.05, 3.63) is 23.8 Å². The first-order valence-electron chi connectivity index (χ1n) is 11.4. The van der Waals surface area contributed by atoms with Crippen LogP contribution >= 0.6 is 0 Å². The Bertz CT molecular complexity index is 933. The fourth-order valence-electron chi connectivity index (χ4n) is 4.45. The van der Waals surface area contributed by atoms with Gasteiger partial charge in [0.25, 0.3) is 0 Å². The highest BCUT2D eigenvalue weighted by Gasteiger charge is 2.59. The highest BCUT2D eigenvalue weighted by Crippen LogP contribution is 2.53. The van der Waals surface area contributed by atoms with Crippen LogP contribution in [0.5, 0.6) is 0 Å². The fourth-order valence-corrected chi connectivity index (χ4v) is 5.84. The average molecular weight is 482 g/mol. The molecule has 7 nitrogen and oxygen atoms in total. The summed E-state index contributed by atoms with van der Waals surface area (Å²) in [5.74, 6) is -1.06. The predicted molar refractivity (Wildman–Crippen MR) is 124 cm³/mol. The van der Waals surface area contributed by atoms with Gasteiger partial charge < -0.3 is 19.4 Å². The molecule has 1 saturated carbocycles. The molecule has 4 atom stereocenters. The van der Waals surface area contributed by atoms with E-state index in [0.717, 1.165) is 0 Å². The quantitative estimate of drug-likeness (QED) is 0.625. The molecular weight excluding hydrogens is 448 g/mol.